The molecule has 0 amide bonds. The van der Waals surface area contributed by atoms with Crippen molar-refractivity contribution in [3.8, 4) is 0 Å². The normalized spacial score (nSPS) is 19.5. The maximum Gasteiger partial charge on any atom is 0.148 e. The monoisotopic (exact) mass is 265 g/mol. The standard InChI is InChI=1S/C13H23N5O/c1-8(2)11-16-12(9(3)13(17-11)18-14)15-10-5-4-6-19-7-10/h8,10H,4-7,14H2,1-3H3,(H2,15,16,17,18). The third-order valence-electron chi connectivity index (χ3n) is 3.32. The van der Waals surface area contributed by atoms with Crippen LogP contribution >= 0.6 is 0 Å². The Morgan fingerprint density at radius 2 is 2.05 bits per heavy atom. The first kappa shape index (κ1) is 14.0. The second-order valence-electron chi connectivity index (χ2n) is 5.26. The summed E-state index contributed by atoms with van der Waals surface area (Å²) in [7, 11) is 0. The topological polar surface area (TPSA) is 85.1 Å². The maximum atomic E-state index is 5.53. The fourth-order valence-electron chi connectivity index (χ4n) is 2.12. The van der Waals surface area contributed by atoms with Crippen molar-refractivity contribution in [3.63, 3.8) is 0 Å². The molecule has 1 aliphatic rings. The average molecular weight is 265 g/mol. The van der Waals surface area contributed by atoms with Gasteiger partial charge in [-0.05, 0) is 19.8 Å². The number of nitrogens with two attached hydrogens (primary N) is 1. The van der Waals surface area contributed by atoms with E-state index in [1.54, 1.807) is 0 Å². The summed E-state index contributed by atoms with van der Waals surface area (Å²) in [5.74, 6) is 8.11. The molecule has 0 radical (unpaired) electrons. The van der Waals surface area contributed by atoms with E-state index in [1.165, 1.54) is 0 Å². The molecule has 1 aliphatic heterocycles. The fraction of sp³-hybridized carbons (Fsp3) is 0.692. The van der Waals surface area contributed by atoms with Crippen LogP contribution in [0.15, 0.2) is 0 Å². The molecule has 0 aromatic carbocycles. The van der Waals surface area contributed by atoms with Crippen LogP contribution in [-0.4, -0.2) is 29.2 Å². The Morgan fingerprint density at radius 1 is 1.32 bits per heavy atom. The lowest BCUT2D eigenvalue weighted by atomic mass is 10.1. The summed E-state index contributed by atoms with van der Waals surface area (Å²) in [5.41, 5.74) is 3.59. The molecule has 0 bridgehead atoms. The van der Waals surface area contributed by atoms with Crippen LogP contribution in [0.25, 0.3) is 0 Å². The van der Waals surface area contributed by atoms with Crippen LogP contribution in [0.3, 0.4) is 0 Å². The van der Waals surface area contributed by atoms with Crippen LogP contribution in [0.4, 0.5) is 11.6 Å². The molecule has 0 spiro atoms. The number of nitrogen functional groups attached to an aromatic ring is 1. The highest BCUT2D eigenvalue weighted by molar-refractivity contribution is 5.57. The van der Waals surface area contributed by atoms with E-state index in [1.807, 2.05) is 6.92 Å². The van der Waals surface area contributed by atoms with Crippen LogP contribution < -0.4 is 16.6 Å². The molecule has 0 aliphatic carbocycles. The van der Waals surface area contributed by atoms with Gasteiger partial charge in [-0.1, -0.05) is 13.8 Å². The molecular weight excluding hydrogens is 242 g/mol. The molecule has 1 fully saturated rings. The second kappa shape index (κ2) is 6.16. The number of hydrogen-bond acceptors (Lipinski definition) is 6. The van der Waals surface area contributed by atoms with Crippen LogP contribution in [0.1, 0.15) is 44.0 Å². The molecule has 6 nitrogen and oxygen atoms in total. The highest BCUT2D eigenvalue weighted by Crippen LogP contribution is 2.24. The SMILES string of the molecule is Cc1c(NN)nc(C(C)C)nc1NC1CCCOC1. The highest BCUT2D eigenvalue weighted by Gasteiger charge is 2.18. The summed E-state index contributed by atoms with van der Waals surface area (Å²) in [4.78, 5) is 9.03. The minimum absolute atomic E-state index is 0.260. The zero-order valence-electron chi connectivity index (χ0n) is 11.9. The summed E-state index contributed by atoms with van der Waals surface area (Å²) in [6, 6.07) is 0.313. The van der Waals surface area contributed by atoms with E-state index in [0.717, 1.165) is 43.3 Å². The minimum Gasteiger partial charge on any atom is -0.379 e. The number of nitrogens with zero attached hydrogens (tertiary/aromatic N) is 2. The van der Waals surface area contributed by atoms with Crippen LogP contribution in [-0.2, 0) is 4.74 Å². The predicted molar refractivity (Wildman–Crippen MR) is 76.1 cm³/mol. The molecule has 4 N–H and O–H groups in total. The number of nitrogens with one attached hydrogen (secondary N) is 2. The van der Waals surface area contributed by atoms with E-state index in [-0.39, 0.29) is 5.92 Å². The Balaban J connectivity index is 2.24. The van der Waals surface area contributed by atoms with Crippen molar-refractivity contribution in [2.75, 3.05) is 24.0 Å². The van der Waals surface area contributed by atoms with Crippen molar-refractivity contribution < 1.29 is 4.74 Å². The first-order chi connectivity index (χ1) is 9.11. The lowest BCUT2D eigenvalue weighted by Gasteiger charge is -2.25. The summed E-state index contributed by atoms with van der Waals surface area (Å²) < 4.78 is 5.48. The van der Waals surface area contributed by atoms with Crippen LogP contribution in [0.5, 0.6) is 0 Å². The summed E-state index contributed by atoms with van der Waals surface area (Å²) in [5, 5.41) is 3.45. The van der Waals surface area contributed by atoms with Gasteiger partial charge in [0.1, 0.15) is 17.5 Å². The number of anilines is 2. The van der Waals surface area contributed by atoms with E-state index in [2.05, 4.69) is 34.6 Å². The number of hydrogen-bond donors (Lipinski definition) is 3. The van der Waals surface area contributed by atoms with Crippen molar-refractivity contribution in [1.29, 1.82) is 0 Å². The third-order valence-corrected chi connectivity index (χ3v) is 3.32. The van der Waals surface area contributed by atoms with Crippen molar-refractivity contribution in [1.82, 2.24) is 9.97 Å². The summed E-state index contributed by atoms with van der Waals surface area (Å²) in [6.07, 6.45) is 2.19. The Hall–Kier alpha value is -1.40. The van der Waals surface area contributed by atoms with Gasteiger partial charge in [-0.15, -0.1) is 0 Å². The van der Waals surface area contributed by atoms with Crippen molar-refractivity contribution in [2.24, 2.45) is 5.84 Å². The highest BCUT2D eigenvalue weighted by atomic mass is 16.5. The van der Waals surface area contributed by atoms with E-state index in [9.17, 15) is 0 Å². The van der Waals surface area contributed by atoms with E-state index >= 15 is 0 Å². The number of hydrazine groups is 1. The zero-order chi connectivity index (χ0) is 13.8. The Labute approximate surface area is 114 Å². The second-order valence-corrected chi connectivity index (χ2v) is 5.26. The van der Waals surface area contributed by atoms with E-state index < -0.39 is 0 Å². The minimum atomic E-state index is 0.260. The molecule has 19 heavy (non-hydrogen) atoms. The zero-order valence-corrected chi connectivity index (χ0v) is 11.9. The van der Waals surface area contributed by atoms with Gasteiger partial charge in [-0.25, -0.2) is 15.8 Å². The van der Waals surface area contributed by atoms with Gasteiger partial charge in [0.2, 0.25) is 0 Å². The quantitative estimate of drug-likeness (QED) is 0.568. The van der Waals surface area contributed by atoms with E-state index in [0.29, 0.717) is 11.9 Å². The summed E-state index contributed by atoms with van der Waals surface area (Å²) >= 11 is 0. The smallest absolute Gasteiger partial charge is 0.148 e. The molecule has 1 unspecified atom stereocenters. The molecule has 2 rings (SSSR count). The molecule has 1 saturated heterocycles. The first-order valence-electron chi connectivity index (χ1n) is 6.81. The van der Waals surface area contributed by atoms with Crippen molar-refractivity contribution in [2.45, 2.75) is 45.6 Å². The lowest BCUT2D eigenvalue weighted by molar-refractivity contribution is 0.0875. The Bertz CT molecular complexity index is 429. The molecule has 1 atom stereocenters. The molecule has 6 heteroatoms. The van der Waals surface area contributed by atoms with Gasteiger partial charge >= 0.3 is 0 Å². The third kappa shape index (κ3) is 3.33. The van der Waals surface area contributed by atoms with Crippen LogP contribution in [0, 0.1) is 6.92 Å². The molecule has 1 aromatic heterocycles. The Morgan fingerprint density at radius 3 is 2.63 bits per heavy atom. The van der Waals surface area contributed by atoms with Crippen LogP contribution in [0.2, 0.25) is 0 Å². The molecular formula is C13H23N5O. The van der Waals surface area contributed by atoms with Gasteiger partial charge in [0.25, 0.3) is 0 Å². The molecule has 0 saturated carbocycles. The maximum absolute atomic E-state index is 5.53. The van der Waals surface area contributed by atoms with Gasteiger partial charge < -0.3 is 15.5 Å². The van der Waals surface area contributed by atoms with Gasteiger partial charge in [-0.3, -0.25) is 0 Å². The number of aromatic nitrogens is 2. The van der Waals surface area contributed by atoms with Gasteiger partial charge in [0, 0.05) is 18.1 Å². The summed E-state index contributed by atoms with van der Waals surface area (Å²) in [6.45, 7) is 7.68. The molecule has 2 heterocycles. The van der Waals surface area contributed by atoms with Crippen molar-refractivity contribution >= 4 is 11.6 Å². The molecule has 1 aromatic rings. The van der Waals surface area contributed by atoms with Gasteiger partial charge in [0.05, 0.1) is 12.6 Å². The average Bonchev–Trinajstić information content (AvgIpc) is 2.42. The number of ether oxygens (including phenoxy) is 1. The predicted octanol–water partition coefficient (Wildman–Crippen LogP) is 1.78. The van der Waals surface area contributed by atoms with Crippen molar-refractivity contribution in [3.05, 3.63) is 11.4 Å². The van der Waals surface area contributed by atoms with Gasteiger partial charge in [0.15, 0.2) is 0 Å². The number of rotatable bonds is 4. The van der Waals surface area contributed by atoms with E-state index in [4.69, 9.17) is 10.6 Å². The Kier molecular flexibility index (Phi) is 4.55. The molecule has 106 valence electrons. The first-order valence-corrected chi connectivity index (χ1v) is 6.81. The lowest BCUT2D eigenvalue weighted by Crippen LogP contribution is -2.31. The van der Waals surface area contributed by atoms with Gasteiger partial charge in [-0.2, -0.15) is 0 Å². The largest absolute Gasteiger partial charge is 0.379 e. The fourth-order valence-corrected chi connectivity index (χ4v) is 2.12.